The van der Waals surface area contributed by atoms with Crippen LogP contribution in [0.3, 0.4) is 0 Å². The lowest BCUT2D eigenvalue weighted by atomic mass is 9.85. The highest BCUT2D eigenvalue weighted by Gasteiger charge is 2.20. The molecule has 0 saturated heterocycles. The van der Waals surface area contributed by atoms with Gasteiger partial charge in [0.25, 0.3) is 0 Å². The number of hydrogen-bond acceptors (Lipinski definition) is 2. The number of aromatic hydroxyl groups is 1. The molecule has 0 aliphatic carbocycles. The van der Waals surface area contributed by atoms with Gasteiger partial charge in [0, 0.05) is 17.8 Å². The van der Waals surface area contributed by atoms with Gasteiger partial charge in [0.1, 0.15) is 11.4 Å². The fourth-order valence-corrected chi connectivity index (χ4v) is 2.06. The quantitative estimate of drug-likeness (QED) is 0.358. The van der Waals surface area contributed by atoms with Crippen LogP contribution in [0.1, 0.15) is 31.9 Å². The van der Waals surface area contributed by atoms with E-state index in [9.17, 15) is 22.7 Å². The van der Waals surface area contributed by atoms with Crippen LogP contribution in [0.25, 0.3) is 0 Å². The Hall–Kier alpha value is -2.37. The van der Waals surface area contributed by atoms with Gasteiger partial charge in [0.15, 0.2) is 23.3 Å². The van der Waals surface area contributed by atoms with E-state index >= 15 is 0 Å². The molecule has 0 aliphatic heterocycles. The average Bonchev–Trinajstić information content (AvgIpc) is 2.47. The molecule has 1 N–H and O–H groups in total. The first-order valence-corrected chi connectivity index (χ1v) is 6.82. The van der Waals surface area contributed by atoms with Gasteiger partial charge in [-0.05, 0) is 17.0 Å². The smallest absolute Gasteiger partial charge is 0.199 e. The monoisotopic (exact) mass is 325 g/mol. The molecule has 0 heterocycles. The van der Waals surface area contributed by atoms with Gasteiger partial charge in [0.2, 0.25) is 0 Å². The van der Waals surface area contributed by atoms with E-state index in [0.29, 0.717) is 11.6 Å². The molecule has 0 bridgehead atoms. The lowest BCUT2D eigenvalue weighted by molar-refractivity contribution is 0.410. The molecular weight excluding hydrogens is 310 g/mol. The van der Waals surface area contributed by atoms with Crippen molar-refractivity contribution >= 4 is 11.9 Å². The predicted molar refractivity (Wildman–Crippen MR) is 80.3 cm³/mol. The van der Waals surface area contributed by atoms with Gasteiger partial charge in [-0.1, -0.05) is 32.9 Å². The minimum absolute atomic E-state index is 0.0628. The van der Waals surface area contributed by atoms with Gasteiger partial charge in [-0.15, -0.1) is 0 Å². The van der Waals surface area contributed by atoms with Crippen LogP contribution < -0.4 is 0 Å². The molecule has 0 amide bonds. The van der Waals surface area contributed by atoms with E-state index in [-0.39, 0.29) is 16.7 Å². The zero-order valence-electron chi connectivity index (χ0n) is 12.8. The summed E-state index contributed by atoms with van der Waals surface area (Å²) >= 11 is 0. The van der Waals surface area contributed by atoms with Crippen molar-refractivity contribution in [2.45, 2.75) is 26.2 Å². The topological polar surface area (TPSA) is 32.6 Å². The van der Waals surface area contributed by atoms with E-state index in [1.807, 2.05) is 20.8 Å². The van der Waals surface area contributed by atoms with Crippen molar-refractivity contribution in [1.29, 1.82) is 0 Å². The number of hydrogen-bond donors (Lipinski definition) is 1. The molecule has 0 aliphatic rings. The summed E-state index contributed by atoms with van der Waals surface area (Å²) in [6, 6.07) is 5.37. The first-order chi connectivity index (χ1) is 10.6. The zero-order chi connectivity index (χ0) is 17.4. The number of phenols is 1. The van der Waals surface area contributed by atoms with Crippen LogP contribution in [0.2, 0.25) is 0 Å². The Morgan fingerprint density at radius 3 is 2.26 bits per heavy atom. The van der Waals surface area contributed by atoms with Crippen LogP contribution in [0.15, 0.2) is 29.3 Å². The highest BCUT2D eigenvalue weighted by atomic mass is 19.2. The van der Waals surface area contributed by atoms with E-state index in [2.05, 4.69) is 4.99 Å². The summed E-state index contributed by atoms with van der Waals surface area (Å²) in [5.41, 5.74) is -0.143. The van der Waals surface area contributed by atoms with E-state index in [1.165, 1.54) is 6.07 Å². The maximum absolute atomic E-state index is 13.6. The fraction of sp³-hybridized carbons (Fsp3) is 0.235. The van der Waals surface area contributed by atoms with Crippen molar-refractivity contribution in [3.63, 3.8) is 0 Å². The Morgan fingerprint density at radius 2 is 1.65 bits per heavy atom. The number of rotatable bonds is 2. The maximum atomic E-state index is 13.6. The molecule has 6 heteroatoms. The Morgan fingerprint density at radius 1 is 1.00 bits per heavy atom. The summed E-state index contributed by atoms with van der Waals surface area (Å²) < 4.78 is 52.8. The molecule has 0 radical (unpaired) electrons. The summed E-state index contributed by atoms with van der Waals surface area (Å²) in [5.74, 6) is -7.01. The first kappa shape index (κ1) is 17.0. The molecule has 0 fully saturated rings. The molecule has 2 nitrogen and oxygen atoms in total. The van der Waals surface area contributed by atoms with Crippen molar-refractivity contribution < 1.29 is 22.7 Å². The number of aliphatic imine (C=N–C) groups is 1. The molecule has 2 aromatic carbocycles. The summed E-state index contributed by atoms with van der Waals surface area (Å²) in [4.78, 5) is 3.62. The van der Waals surface area contributed by atoms with E-state index in [0.717, 1.165) is 6.21 Å². The molecule has 2 aromatic rings. The SMILES string of the molecule is CC(C)(C)c1cccc(C=Nc2cc(F)c(F)c(F)c2F)c1O. The van der Waals surface area contributed by atoms with Crippen molar-refractivity contribution in [2.75, 3.05) is 0 Å². The summed E-state index contributed by atoms with van der Waals surface area (Å²) in [5, 5.41) is 10.2. The Balaban J connectivity index is 2.47. The third-order valence-corrected chi connectivity index (χ3v) is 3.30. The molecule has 2 rings (SSSR count). The molecule has 0 atom stereocenters. The second-order valence-corrected chi connectivity index (χ2v) is 6.07. The van der Waals surface area contributed by atoms with Gasteiger partial charge in [-0.3, -0.25) is 4.99 Å². The van der Waals surface area contributed by atoms with Crippen LogP contribution in [0, 0.1) is 23.3 Å². The van der Waals surface area contributed by atoms with Gasteiger partial charge in [-0.2, -0.15) is 0 Å². The van der Waals surface area contributed by atoms with Crippen LogP contribution in [-0.2, 0) is 5.41 Å². The first-order valence-electron chi connectivity index (χ1n) is 6.82. The molecule has 0 spiro atoms. The van der Waals surface area contributed by atoms with E-state index in [4.69, 9.17) is 0 Å². The Bertz CT molecular complexity index is 779. The number of halogens is 4. The third kappa shape index (κ3) is 3.36. The van der Waals surface area contributed by atoms with E-state index < -0.39 is 29.0 Å². The highest BCUT2D eigenvalue weighted by molar-refractivity contribution is 5.86. The molecule has 0 unspecified atom stereocenters. The van der Waals surface area contributed by atoms with E-state index in [1.54, 1.807) is 12.1 Å². The minimum atomic E-state index is -1.93. The standard InChI is InChI=1S/C17H15F4NO/c1-17(2,3)10-6-4-5-9(16(10)23)8-22-12-7-11(18)13(19)15(21)14(12)20/h4-8,23H,1-3H3. The Kier molecular flexibility index (Phi) is 4.45. The average molecular weight is 325 g/mol. The second kappa shape index (κ2) is 6.02. The third-order valence-electron chi connectivity index (χ3n) is 3.30. The van der Waals surface area contributed by atoms with Gasteiger partial charge >= 0.3 is 0 Å². The van der Waals surface area contributed by atoms with Crippen LogP contribution in [0.4, 0.5) is 23.2 Å². The molecule has 0 saturated carbocycles. The van der Waals surface area contributed by atoms with Crippen LogP contribution in [-0.4, -0.2) is 11.3 Å². The number of para-hydroxylation sites is 1. The van der Waals surface area contributed by atoms with Crippen molar-refractivity contribution in [2.24, 2.45) is 4.99 Å². The van der Waals surface area contributed by atoms with Gasteiger partial charge < -0.3 is 5.11 Å². The Labute approximate surface area is 131 Å². The maximum Gasteiger partial charge on any atom is 0.199 e. The summed E-state index contributed by atoms with van der Waals surface area (Å²) in [6.45, 7) is 5.69. The van der Waals surface area contributed by atoms with Crippen molar-refractivity contribution in [3.05, 3.63) is 58.7 Å². The second-order valence-electron chi connectivity index (χ2n) is 6.07. The van der Waals surface area contributed by atoms with Gasteiger partial charge in [0.05, 0.1) is 0 Å². The molecular formula is C17H15F4NO. The van der Waals surface area contributed by atoms with Crippen LogP contribution in [0.5, 0.6) is 5.75 Å². The largest absolute Gasteiger partial charge is 0.507 e. The highest BCUT2D eigenvalue weighted by Crippen LogP contribution is 2.33. The minimum Gasteiger partial charge on any atom is -0.507 e. The lowest BCUT2D eigenvalue weighted by Crippen LogP contribution is -2.11. The van der Waals surface area contributed by atoms with Crippen molar-refractivity contribution in [1.82, 2.24) is 0 Å². The lowest BCUT2D eigenvalue weighted by Gasteiger charge is -2.21. The molecule has 0 aromatic heterocycles. The summed E-state index contributed by atoms with van der Waals surface area (Å²) in [6.07, 6.45) is 1.07. The fourth-order valence-electron chi connectivity index (χ4n) is 2.06. The molecule has 23 heavy (non-hydrogen) atoms. The number of phenolic OH excluding ortho intramolecular Hbond substituents is 1. The predicted octanol–water partition coefficient (Wildman–Crippen LogP) is 5.00. The van der Waals surface area contributed by atoms with Crippen LogP contribution >= 0.6 is 0 Å². The number of nitrogens with zero attached hydrogens (tertiary/aromatic N) is 1. The van der Waals surface area contributed by atoms with Crippen molar-refractivity contribution in [3.8, 4) is 5.75 Å². The summed E-state index contributed by atoms with van der Waals surface area (Å²) in [7, 11) is 0. The normalized spacial score (nSPS) is 12.1. The zero-order valence-corrected chi connectivity index (χ0v) is 12.8. The number of benzene rings is 2. The van der Waals surface area contributed by atoms with Gasteiger partial charge in [-0.25, -0.2) is 17.6 Å². The molecule has 122 valence electrons.